The van der Waals surface area contributed by atoms with Gasteiger partial charge in [-0.25, -0.2) is 0 Å². The van der Waals surface area contributed by atoms with Gasteiger partial charge in [-0.1, -0.05) is 0 Å². The van der Waals surface area contributed by atoms with Gasteiger partial charge in [-0.3, -0.25) is 0 Å². The number of aromatic nitrogens is 5. The van der Waals surface area contributed by atoms with E-state index in [9.17, 15) is 35.9 Å². The number of carboxylic acid groups (broad SMARTS) is 1. The van der Waals surface area contributed by atoms with Gasteiger partial charge in [0.05, 0.1) is 0 Å². The van der Waals surface area contributed by atoms with E-state index in [-0.39, 0.29) is 33.5 Å². The van der Waals surface area contributed by atoms with Crippen molar-refractivity contribution in [1.29, 1.82) is 0 Å². The van der Waals surface area contributed by atoms with Crippen LogP contribution in [-0.2, 0) is 27.5 Å². The van der Waals surface area contributed by atoms with E-state index in [2.05, 4.69) is 15.2 Å². The van der Waals surface area contributed by atoms with Crippen molar-refractivity contribution in [1.82, 2.24) is 28.9 Å². The third-order valence-electron chi connectivity index (χ3n) is 8.42. The van der Waals surface area contributed by atoms with Crippen LogP contribution >= 0.6 is 0 Å². The molecule has 0 aliphatic carbocycles. The molecule has 246 valence electrons. The maximum absolute atomic E-state index is 14.4. The second-order valence-corrected chi connectivity index (χ2v) is 16.6. The number of fused-ring (bicyclic) bond motifs is 4. The van der Waals surface area contributed by atoms with E-state index < -0.39 is 66.9 Å². The molecule has 0 radical (unpaired) electrons. The van der Waals surface area contributed by atoms with Crippen LogP contribution in [0, 0.1) is 25.6 Å². The zero-order valence-corrected chi connectivity index (χ0v) is 27.8. The van der Waals surface area contributed by atoms with Gasteiger partial charge in [0.2, 0.25) is 5.82 Å². The molecule has 6 rings (SSSR count). The maximum atomic E-state index is 14.4. The van der Waals surface area contributed by atoms with Crippen LogP contribution in [0.3, 0.4) is 0 Å². The molecule has 1 fully saturated rings. The molecule has 17 heteroatoms. The standard InChI is InChI=1S/C29H29F4IN7O4S/c1-15-5-6-20(24(17(3)27(42)43)19-7-10-41-25(16(19)2)37-38-28(41)29(31,32)33)36-21(15)13-39-14-23-34-8-4-9-40(23)26-22(46(39,44)45)11-18(30)12-35-26/h5-7,10-12,17,23-24H,4,8-9,13-14H2,1-3H3,(H,42,43)/q-1/t17?,23-,24?/m1/s1. The van der Waals surface area contributed by atoms with Crippen LogP contribution in [0.1, 0.15) is 53.2 Å². The van der Waals surface area contributed by atoms with Crippen molar-refractivity contribution >= 4 is 27.5 Å². The Hall–Kier alpha value is -3.45. The average molecular weight is 775 g/mol. The molecule has 1 N–H and O–H groups in total. The molecule has 3 atom stereocenters. The van der Waals surface area contributed by atoms with E-state index in [1.807, 2.05) is 4.90 Å². The topological polar surface area (TPSA) is 134 Å². The van der Waals surface area contributed by atoms with E-state index in [1.54, 1.807) is 26.0 Å². The first kappa shape index (κ1) is 32.5. The zero-order valence-electron chi connectivity index (χ0n) is 24.8. The molecule has 4 aromatic rings. The second kappa shape index (κ2) is 12.0. The van der Waals surface area contributed by atoms with Gasteiger partial charge in [0.25, 0.3) is 0 Å². The summed E-state index contributed by atoms with van der Waals surface area (Å²) in [6.45, 7) is 5.40. The summed E-state index contributed by atoms with van der Waals surface area (Å²) >= 11 is -0.424. The van der Waals surface area contributed by atoms with Crippen LogP contribution in [0.5, 0.6) is 0 Å². The van der Waals surface area contributed by atoms with Crippen molar-refractivity contribution < 1.29 is 57.1 Å². The molecule has 2 unspecified atom stereocenters. The van der Waals surface area contributed by atoms with Crippen LogP contribution in [0.25, 0.3) is 5.65 Å². The van der Waals surface area contributed by atoms with E-state index in [1.165, 1.54) is 17.3 Å². The SMILES string of the molecule is Cc1ccc(C(c2ccn3c(C(F)(F)F)nnc3c2C)C(C)C(=O)O)nc1CN1C[C@@H]2[I-]CCCN2c2ncc(F)cc2S1(=O)=O. The molecule has 4 aromatic heterocycles. The molecule has 46 heavy (non-hydrogen) atoms. The number of anilines is 1. The van der Waals surface area contributed by atoms with Crippen molar-refractivity contribution in [3.63, 3.8) is 0 Å². The number of aliphatic carboxylic acids is 1. The van der Waals surface area contributed by atoms with Crippen LogP contribution < -0.4 is 26.1 Å². The van der Waals surface area contributed by atoms with Gasteiger partial charge in [-0.05, 0) is 0 Å². The Morgan fingerprint density at radius 1 is 1.20 bits per heavy atom. The van der Waals surface area contributed by atoms with Gasteiger partial charge in [-0.2, -0.15) is 13.2 Å². The van der Waals surface area contributed by atoms with Gasteiger partial charge in [0.1, 0.15) is 0 Å². The predicted molar refractivity (Wildman–Crippen MR) is 153 cm³/mol. The molecular weight excluding hydrogens is 745 g/mol. The molecular formula is C29H29F4IN7O4S-. The number of alkyl halides is 5. The van der Waals surface area contributed by atoms with Crippen LogP contribution in [-0.4, -0.2) is 69.9 Å². The molecule has 6 heterocycles. The first-order valence-corrected chi connectivity index (χ1v) is 18.5. The molecule has 0 aromatic carbocycles. The number of nitrogens with zero attached hydrogens (tertiary/aromatic N) is 7. The third kappa shape index (κ3) is 5.69. The number of carboxylic acids is 1. The number of halogens is 5. The fourth-order valence-electron chi connectivity index (χ4n) is 5.96. The van der Waals surface area contributed by atoms with Crippen LogP contribution in [0.15, 0.2) is 41.6 Å². The van der Waals surface area contributed by atoms with Crippen molar-refractivity contribution in [2.24, 2.45) is 5.92 Å². The van der Waals surface area contributed by atoms with Gasteiger partial charge < -0.3 is 0 Å². The minimum absolute atomic E-state index is 0.0738. The number of carbonyl (C=O) groups is 1. The van der Waals surface area contributed by atoms with E-state index in [4.69, 9.17) is 4.98 Å². The molecule has 1 saturated heterocycles. The quantitative estimate of drug-likeness (QED) is 0.132. The first-order valence-electron chi connectivity index (χ1n) is 14.3. The fraction of sp³-hybridized carbons (Fsp3) is 0.414. The summed E-state index contributed by atoms with van der Waals surface area (Å²) in [5.41, 5.74) is 1.94. The van der Waals surface area contributed by atoms with E-state index in [0.717, 1.165) is 33.7 Å². The second-order valence-electron chi connectivity index (χ2n) is 11.3. The number of pyridine rings is 3. The van der Waals surface area contributed by atoms with Gasteiger partial charge in [0, 0.05) is 0 Å². The summed E-state index contributed by atoms with van der Waals surface area (Å²) in [5.74, 6) is -4.88. The zero-order chi connectivity index (χ0) is 33.1. The molecule has 2 aliphatic heterocycles. The Kier molecular flexibility index (Phi) is 8.45. The van der Waals surface area contributed by atoms with E-state index >= 15 is 0 Å². The molecule has 0 amide bonds. The Morgan fingerprint density at radius 3 is 2.67 bits per heavy atom. The van der Waals surface area contributed by atoms with Crippen molar-refractivity contribution in [2.45, 2.75) is 54.8 Å². The molecule has 11 nitrogen and oxygen atoms in total. The Balaban J connectivity index is 1.43. The third-order valence-corrected chi connectivity index (χ3v) is 13.7. The Bertz CT molecular complexity index is 1960. The number of hydrogen-bond acceptors (Lipinski definition) is 8. The average Bonchev–Trinajstić information content (AvgIpc) is 3.42. The monoisotopic (exact) mass is 774 g/mol. The molecule has 0 bridgehead atoms. The fourth-order valence-corrected chi connectivity index (χ4v) is 11.1. The van der Waals surface area contributed by atoms with E-state index in [0.29, 0.717) is 34.6 Å². The van der Waals surface area contributed by atoms with Crippen molar-refractivity contribution in [3.05, 3.63) is 76.4 Å². The van der Waals surface area contributed by atoms with Gasteiger partial charge >= 0.3 is 249 Å². The molecule has 0 saturated carbocycles. The number of sulfonamides is 1. The molecule has 0 spiro atoms. The van der Waals surface area contributed by atoms with Gasteiger partial charge in [-0.15, -0.1) is 5.10 Å². The summed E-state index contributed by atoms with van der Waals surface area (Å²) in [4.78, 5) is 23.1. The Labute approximate surface area is 272 Å². The number of hydrogen-bond donors (Lipinski definition) is 1. The molecule has 2 aliphatic rings. The van der Waals surface area contributed by atoms with Crippen LogP contribution in [0.2, 0.25) is 0 Å². The van der Waals surface area contributed by atoms with Crippen molar-refractivity contribution in [2.75, 3.05) is 22.4 Å². The van der Waals surface area contributed by atoms with Crippen molar-refractivity contribution in [3.8, 4) is 0 Å². The first-order chi connectivity index (χ1) is 21.7. The number of aryl methyl sites for hydroxylation is 2. The van der Waals surface area contributed by atoms with Gasteiger partial charge in [0.15, 0.2) is 0 Å². The Morgan fingerprint density at radius 2 is 1.96 bits per heavy atom. The number of rotatable bonds is 6. The predicted octanol–water partition coefficient (Wildman–Crippen LogP) is 0.976. The normalized spacial score (nSPS) is 19.9. The summed E-state index contributed by atoms with van der Waals surface area (Å²) < 4.78 is 86.0. The summed E-state index contributed by atoms with van der Waals surface area (Å²) in [6, 6.07) is 5.75. The summed E-state index contributed by atoms with van der Waals surface area (Å²) in [6.07, 6.45) is -1.67. The minimum atomic E-state index is -4.75. The van der Waals surface area contributed by atoms with Crippen LogP contribution in [0.4, 0.5) is 23.4 Å². The summed E-state index contributed by atoms with van der Waals surface area (Å²) in [7, 11) is -4.21. The summed E-state index contributed by atoms with van der Waals surface area (Å²) in [5, 5.41) is 17.1.